The number of hydrogen-bond acceptors (Lipinski definition) is 3. The van der Waals surface area contributed by atoms with E-state index in [9.17, 15) is 4.79 Å². The average molecular weight is 266 g/mol. The Morgan fingerprint density at radius 2 is 1.95 bits per heavy atom. The molecule has 0 aliphatic heterocycles. The largest absolute Gasteiger partial charge is 0.493 e. The highest BCUT2D eigenvalue weighted by molar-refractivity contribution is 5.73. The number of methoxy groups -OCH3 is 2. The molecular weight excluding hydrogens is 244 g/mol. The van der Waals surface area contributed by atoms with Gasteiger partial charge in [-0.1, -0.05) is 6.07 Å². The van der Waals surface area contributed by atoms with Crippen LogP contribution < -0.4 is 14.8 Å². The average Bonchev–Trinajstić information content (AvgIpc) is 2.45. The highest BCUT2D eigenvalue weighted by atomic mass is 16.5. The van der Waals surface area contributed by atoms with Crippen molar-refractivity contribution in [3.05, 3.63) is 23.8 Å². The molecule has 0 fully saturated rings. The molecule has 19 heavy (non-hydrogen) atoms. The van der Waals surface area contributed by atoms with Gasteiger partial charge in [0.2, 0.25) is 0 Å². The number of hydrogen-bond donors (Lipinski definition) is 1. The Bertz CT molecular complexity index is 421. The van der Waals surface area contributed by atoms with E-state index in [-0.39, 0.29) is 6.03 Å². The van der Waals surface area contributed by atoms with Gasteiger partial charge in [-0.2, -0.15) is 0 Å². The topological polar surface area (TPSA) is 50.8 Å². The van der Waals surface area contributed by atoms with Crippen molar-refractivity contribution in [3.63, 3.8) is 0 Å². The van der Waals surface area contributed by atoms with Crippen LogP contribution in [0, 0.1) is 0 Å². The van der Waals surface area contributed by atoms with Crippen LogP contribution in [0.15, 0.2) is 18.2 Å². The van der Waals surface area contributed by atoms with Gasteiger partial charge in [0, 0.05) is 20.1 Å². The Hall–Kier alpha value is -1.91. The van der Waals surface area contributed by atoms with E-state index in [4.69, 9.17) is 9.47 Å². The molecule has 0 aliphatic carbocycles. The van der Waals surface area contributed by atoms with E-state index in [0.29, 0.717) is 24.6 Å². The molecule has 106 valence electrons. The third-order valence-electron chi connectivity index (χ3n) is 2.96. The van der Waals surface area contributed by atoms with Crippen molar-refractivity contribution in [2.45, 2.75) is 13.3 Å². The minimum Gasteiger partial charge on any atom is -0.493 e. The van der Waals surface area contributed by atoms with E-state index >= 15 is 0 Å². The van der Waals surface area contributed by atoms with Gasteiger partial charge in [-0.25, -0.2) is 4.79 Å². The predicted molar refractivity (Wildman–Crippen MR) is 75.0 cm³/mol. The number of carbonyl (C=O) groups excluding carboxylic acids is 1. The number of nitrogens with one attached hydrogen (secondary N) is 1. The van der Waals surface area contributed by atoms with E-state index in [1.54, 1.807) is 26.2 Å². The second-order valence-corrected chi connectivity index (χ2v) is 4.19. The van der Waals surface area contributed by atoms with Crippen LogP contribution >= 0.6 is 0 Å². The number of urea groups is 1. The fraction of sp³-hybridized carbons (Fsp3) is 0.500. The van der Waals surface area contributed by atoms with Gasteiger partial charge in [-0.15, -0.1) is 0 Å². The molecule has 5 heteroatoms. The summed E-state index contributed by atoms with van der Waals surface area (Å²) in [7, 11) is 4.99. The van der Waals surface area contributed by atoms with Crippen LogP contribution in [0.5, 0.6) is 11.5 Å². The summed E-state index contributed by atoms with van der Waals surface area (Å²) < 4.78 is 10.4. The van der Waals surface area contributed by atoms with Gasteiger partial charge in [0.1, 0.15) is 0 Å². The third-order valence-corrected chi connectivity index (χ3v) is 2.96. The molecule has 0 radical (unpaired) electrons. The molecule has 5 nitrogen and oxygen atoms in total. The zero-order valence-corrected chi connectivity index (χ0v) is 12.0. The van der Waals surface area contributed by atoms with Crippen LogP contribution in [0.1, 0.15) is 12.5 Å². The van der Waals surface area contributed by atoms with Crippen molar-refractivity contribution in [1.29, 1.82) is 0 Å². The first-order chi connectivity index (χ1) is 9.12. The molecule has 0 spiro atoms. The molecule has 1 aromatic carbocycles. The summed E-state index contributed by atoms with van der Waals surface area (Å²) in [6.07, 6.45) is 0.754. The maximum Gasteiger partial charge on any atom is 0.317 e. The van der Waals surface area contributed by atoms with Crippen LogP contribution in [0.4, 0.5) is 4.79 Å². The highest BCUT2D eigenvalue weighted by Crippen LogP contribution is 2.27. The first-order valence-electron chi connectivity index (χ1n) is 6.32. The van der Waals surface area contributed by atoms with Gasteiger partial charge >= 0.3 is 6.03 Å². The summed E-state index contributed by atoms with van der Waals surface area (Å²) in [5, 5.41) is 2.86. The van der Waals surface area contributed by atoms with E-state index in [1.807, 2.05) is 25.1 Å². The predicted octanol–water partition coefficient (Wildman–Crippen LogP) is 1.91. The van der Waals surface area contributed by atoms with Gasteiger partial charge in [-0.3, -0.25) is 0 Å². The second-order valence-electron chi connectivity index (χ2n) is 4.19. The van der Waals surface area contributed by atoms with Crippen molar-refractivity contribution < 1.29 is 14.3 Å². The Morgan fingerprint density at radius 1 is 1.26 bits per heavy atom. The van der Waals surface area contributed by atoms with E-state index in [1.165, 1.54) is 0 Å². The normalized spacial score (nSPS) is 9.89. The Morgan fingerprint density at radius 3 is 2.53 bits per heavy atom. The van der Waals surface area contributed by atoms with E-state index < -0.39 is 0 Å². The van der Waals surface area contributed by atoms with Gasteiger partial charge in [0.05, 0.1) is 14.2 Å². The number of carbonyl (C=O) groups is 1. The lowest BCUT2D eigenvalue weighted by molar-refractivity contribution is 0.211. The highest BCUT2D eigenvalue weighted by Gasteiger charge is 2.07. The smallest absolute Gasteiger partial charge is 0.317 e. The fourth-order valence-corrected chi connectivity index (χ4v) is 1.63. The summed E-state index contributed by atoms with van der Waals surface area (Å²) in [5.41, 5.74) is 1.09. The molecule has 0 saturated heterocycles. The Labute approximate surface area is 114 Å². The number of nitrogens with zero attached hydrogens (tertiary/aromatic N) is 1. The zero-order valence-electron chi connectivity index (χ0n) is 12.0. The summed E-state index contributed by atoms with van der Waals surface area (Å²) in [6.45, 7) is 3.23. The summed E-state index contributed by atoms with van der Waals surface area (Å²) in [6, 6.07) is 5.71. The number of amides is 2. The monoisotopic (exact) mass is 266 g/mol. The lowest BCUT2D eigenvalue weighted by atomic mass is 10.1. The quantitative estimate of drug-likeness (QED) is 0.855. The first kappa shape index (κ1) is 15.1. The SMILES string of the molecule is CCN(C)C(=O)NCCc1ccc(OC)c(OC)c1. The molecule has 2 amide bonds. The standard InChI is InChI=1S/C14H22N2O3/c1-5-16(2)14(17)15-9-8-11-6-7-12(18-3)13(10-11)19-4/h6-7,10H,5,8-9H2,1-4H3,(H,15,17). The molecule has 0 bridgehead atoms. The number of rotatable bonds is 6. The van der Waals surface area contributed by atoms with Crippen LogP contribution in [0.3, 0.4) is 0 Å². The molecule has 1 aromatic rings. The van der Waals surface area contributed by atoms with E-state index in [2.05, 4.69) is 5.32 Å². The second kappa shape index (κ2) is 7.51. The van der Waals surface area contributed by atoms with Gasteiger partial charge in [-0.05, 0) is 31.0 Å². The molecule has 0 atom stereocenters. The van der Waals surface area contributed by atoms with Crippen LogP contribution in [-0.2, 0) is 6.42 Å². The van der Waals surface area contributed by atoms with Crippen molar-refractivity contribution in [3.8, 4) is 11.5 Å². The third kappa shape index (κ3) is 4.35. The molecule has 1 rings (SSSR count). The van der Waals surface area contributed by atoms with Crippen molar-refractivity contribution in [1.82, 2.24) is 10.2 Å². The fourth-order valence-electron chi connectivity index (χ4n) is 1.63. The molecule has 1 N–H and O–H groups in total. The molecule has 0 aromatic heterocycles. The minimum atomic E-state index is -0.0528. The van der Waals surface area contributed by atoms with Gasteiger partial charge < -0.3 is 19.7 Å². The first-order valence-corrected chi connectivity index (χ1v) is 6.32. The van der Waals surface area contributed by atoms with Gasteiger partial charge in [0.25, 0.3) is 0 Å². The lowest BCUT2D eigenvalue weighted by Crippen LogP contribution is -2.37. The summed E-state index contributed by atoms with van der Waals surface area (Å²) >= 11 is 0. The summed E-state index contributed by atoms with van der Waals surface area (Å²) in [4.78, 5) is 13.2. The molecule has 0 aliphatic rings. The minimum absolute atomic E-state index is 0.0528. The lowest BCUT2D eigenvalue weighted by Gasteiger charge is -2.15. The number of benzene rings is 1. The van der Waals surface area contributed by atoms with Crippen LogP contribution in [0.25, 0.3) is 0 Å². The van der Waals surface area contributed by atoms with Crippen LogP contribution in [0.2, 0.25) is 0 Å². The molecular formula is C14H22N2O3. The van der Waals surface area contributed by atoms with Crippen molar-refractivity contribution >= 4 is 6.03 Å². The molecule has 0 heterocycles. The molecule has 0 unspecified atom stereocenters. The van der Waals surface area contributed by atoms with Crippen molar-refractivity contribution in [2.75, 3.05) is 34.4 Å². The number of ether oxygens (including phenoxy) is 2. The Kier molecular flexibility index (Phi) is 5.99. The van der Waals surface area contributed by atoms with Crippen molar-refractivity contribution in [2.24, 2.45) is 0 Å². The van der Waals surface area contributed by atoms with E-state index in [0.717, 1.165) is 12.0 Å². The zero-order chi connectivity index (χ0) is 14.3. The van der Waals surface area contributed by atoms with Gasteiger partial charge in [0.15, 0.2) is 11.5 Å². The maximum atomic E-state index is 11.6. The molecule has 0 saturated carbocycles. The maximum absolute atomic E-state index is 11.6. The Balaban J connectivity index is 2.52. The van der Waals surface area contributed by atoms with Crippen LogP contribution in [-0.4, -0.2) is 45.3 Å². The summed E-state index contributed by atoms with van der Waals surface area (Å²) in [5.74, 6) is 1.41.